The molecule has 4 nitrogen and oxygen atoms in total. The Morgan fingerprint density at radius 3 is 2.45 bits per heavy atom. The summed E-state index contributed by atoms with van der Waals surface area (Å²) in [5.41, 5.74) is 9.52. The number of allylic oxidation sites excluding steroid dienone is 5. The van der Waals surface area contributed by atoms with Crippen molar-refractivity contribution in [2.24, 2.45) is 5.10 Å². The van der Waals surface area contributed by atoms with E-state index in [1.54, 1.807) is 7.11 Å². The number of fused-ring (bicyclic) bond motifs is 1. The molecule has 33 heavy (non-hydrogen) atoms. The fourth-order valence-corrected chi connectivity index (χ4v) is 3.12. The molecular formula is C28H32BN3O. The molecule has 3 rings (SSSR count). The third-order valence-corrected chi connectivity index (χ3v) is 4.94. The molecule has 0 fully saturated rings. The van der Waals surface area contributed by atoms with E-state index in [4.69, 9.17) is 12.6 Å². The van der Waals surface area contributed by atoms with E-state index < -0.39 is 0 Å². The number of benzene rings is 2. The van der Waals surface area contributed by atoms with E-state index in [1.807, 2.05) is 87.8 Å². The zero-order chi connectivity index (χ0) is 24.2. The molecule has 0 saturated carbocycles. The standard InChI is InChI=1S/C26H26BN3O.C2H6/c1-5-7-18(2)19(3)12-13-29-30-26(20-8-6-9-23(27)15-20)22-14-21-16-24(31-4)10-11-25(21)28-17-22;1-2/h5-17,29H,1-4H3;1-2H3/b7-5-,13-12+,19-18-,30-26-;. The predicted molar refractivity (Wildman–Crippen MR) is 143 cm³/mol. The monoisotopic (exact) mass is 437 g/mol. The first-order valence-corrected chi connectivity index (χ1v) is 11.1. The second kappa shape index (κ2) is 13.1. The number of hydrogen-bond acceptors (Lipinski definition) is 4. The van der Waals surface area contributed by atoms with Crippen molar-refractivity contribution in [2.45, 2.75) is 34.6 Å². The van der Waals surface area contributed by atoms with E-state index in [0.717, 1.165) is 39.1 Å². The van der Waals surface area contributed by atoms with Gasteiger partial charge < -0.3 is 4.74 Å². The normalized spacial score (nSPS) is 12.5. The van der Waals surface area contributed by atoms with Gasteiger partial charge >= 0.3 is 0 Å². The first-order valence-electron chi connectivity index (χ1n) is 11.1. The van der Waals surface area contributed by atoms with Crippen LogP contribution in [-0.4, -0.2) is 25.7 Å². The van der Waals surface area contributed by atoms with Crippen LogP contribution in [0.5, 0.6) is 5.75 Å². The number of hydrogen-bond donors (Lipinski definition) is 1. The first-order chi connectivity index (χ1) is 16.0. The van der Waals surface area contributed by atoms with E-state index >= 15 is 0 Å². The maximum Gasteiger partial charge on any atom is 0.119 e. The highest BCUT2D eigenvalue weighted by atomic mass is 16.5. The molecule has 0 aliphatic carbocycles. The Morgan fingerprint density at radius 1 is 1.00 bits per heavy atom. The summed E-state index contributed by atoms with van der Waals surface area (Å²) in [4.78, 5) is 4.60. The van der Waals surface area contributed by atoms with Gasteiger partial charge in [-0.25, -0.2) is 0 Å². The fraction of sp³-hybridized carbons (Fsp3) is 0.214. The van der Waals surface area contributed by atoms with Crippen LogP contribution in [0.4, 0.5) is 0 Å². The summed E-state index contributed by atoms with van der Waals surface area (Å²) in [6.07, 6.45) is 9.75. The molecule has 2 radical (unpaired) electrons. The molecule has 168 valence electrons. The molecule has 5 heteroatoms. The lowest BCUT2D eigenvalue weighted by molar-refractivity contribution is 0.415. The van der Waals surface area contributed by atoms with Crippen LogP contribution in [0.3, 0.4) is 0 Å². The lowest BCUT2D eigenvalue weighted by Gasteiger charge is -2.10. The molecule has 2 aromatic carbocycles. The Kier molecular flexibility index (Phi) is 10.2. The Labute approximate surface area is 199 Å². The molecular weight excluding hydrogens is 405 g/mol. The molecule has 1 heterocycles. The Bertz CT molecular complexity index is 1190. The van der Waals surface area contributed by atoms with Crippen LogP contribution in [0, 0.1) is 0 Å². The van der Waals surface area contributed by atoms with E-state index in [9.17, 15) is 0 Å². The van der Waals surface area contributed by atoms with Gasteiger partial charge in [-0.3, -0.25) is 10.4 Å². The van der Waals surface area contributed by atoms with Gasteiger partial charge in [0, 0.05) is 28.9 Å². The quantitative estimate of drug-likeness (QED) is 0.219. The van der Waals surface area contributed by atoms with Crippen molar-refractivity contribution in [3.8, 4) is 5.75 Å². The van der Waals surface area contributed by atoms with Crippen LogP contribution in [0.2, 0.25) is 0 Å². The first kappa shape index (κ1) is 25.7. The van der Waals surface area contributed by atoms with Gasteiger partial charge in [-0.15, -0.1) is 0 Å². The second-order valence-electron chi connectivity index (χ2n) is 7.20. The second-order valence-corrected chi connectivity index (χ2v) is 7.20. The smallest absolute Gasteiger partial charge is 0.119 e. The number of aromatic nitrogens is 1. The SMILES string of the molecule is CC.[B]c1cccc(/C(=N/N/C=C/C(C)=C(C)\C=C/C)c2cnc3ccc(OC)cc3c2)c1. The van der Waals surface area contributed by atoms with Gasteiger partial charge in [0.1, 0.15) is 13.6 Å². The maximum absolute atomic E-state index is 6.03. The molecule has 0 amide bonds. The Morgan fingerprint density at radius 2 is 1.76 bits per heavy atom. The maximum atomic E-state index is 6.03. The third-order valence-electron chi connectivity index (χ3n) is 4.94. The van der Waals surface area contributed by atoms with Gasteiger partial charge in [-0.05, 0) is 62.3 Å². The molecule has 0 aliphatic heterocycles. The van der Waals surface area contributed by atoms with Crippen molar-refractivity contribution in [3.63, 3.8) is 0 Å². The molecule has 0 atom stereocenters. The highest BCUT2D eigenvalue weighted by Crippen LogP contribution is 2.21. The number of rotatable bonds is 7. The summed E-state index contributed by atoms with van der Waals surface area (Å²) in [5.74, 6) is 0.786. The zero-order valence-electron chi connectivity index (χ0n) is 20.4. The summed E-state index contributed by atoms with van der Waals surface area (Å²) in [6, 6.07) is 15.5. The van der Waals surface area contributed by atoms with Crippen LogP contribution < -0.4 is 15.6 Å². The van der Waals surface area contributed by atoms with Gasteiger partial charge in [-0.1, -0.05) is 55.7 Å². The summed E-state index contributed by atoms with van der Waals surface area (Å²) in [5, 5.41) is 5.62. The predicted octanol–water partition coefficient (Wildman–Crippen LogP) is 5.83. The number of ether oxygens (including phenoxy) is 1. The topological polar surface area (TPSA) is 46.5 Å². The summed E-state index contributed by atoms with van der Waals surface area (Å²) in [6.45, 7) is 10.2. The average Bonchev–Trinajstić information content (AvgIpc) is 2.84. The molecule has 0 saturated heterocycles. The van der Waals surface area contributed by atoms with Gasteiger partial charge in [0.05, 0.1) is 18.3 Å². The van der Waals surface area contributed by atoms with Crippen LogP contribution in [0.25, 0.3) is 10.9 Å². The van der Waals surface area contributed by atoms with Crippen LogP contribution in [0.15, 0.2) is 95.4 Å². The van der Waals surface area contributed by atoms with Gasteiger partial charge in [0.25, 0.3) is 0 Å². The molecule has 3 aromatic rings. The highest BCUT2D eigenvalue weighted by Gasteiger charge is 2.10. The largest absolute Gasteiger partial charge is 0.497 e. The van der Waals surface area contributed by atoms with Gasteiger partial charge in [0.15, 0.2) is 0 Å². The summed E-state index contributed by atoms with van der Waals surface area (Å²) in [7, 11) is 7.68. The lowest BCUT2D eigenvalue weighted by Crippen LogP contribution is -2.12. The minimum absolute atomic E-state index is 0.678. The number of nitrogens with one attached hydrogen (secondary N) is 1. The van der Waals surface area contributed by atoms with E-state index in [2.05, 4.69) is 41.5 Å². The third kappa shape index (κ3) is 7.21. The van der Waals surface area contributed by atoms with Crippen molar-refractivity contribution in [2.75, 3.05) is 7.11 Å². The van der Waals surface area contributed by atoms with Gasteiger partial charge in [-0.2, -0.15) is 5.10 Å². The van der Waals surface area contributed by atoms with Crippen LogP contribution in [0.1, 0.15) is 45.7 Å². The minimum Gasteiger partial charge on any atom is -0.497 e. The number of methoxy groups -OCH3 is 1. The molecule has 1 N–H and O–H groups in total. The lowest BCUT2D eigenvalue weighted by atomic mass is 9.92. The van der Waals surface area contributed by atoms with Crippen LogP contribution >= 0.6 is 0 Å². The van der Waals surface area contributed by atoms with Gasteiger partial charge in [0.2, 0.25) is 0 Å². The average molecular weight is 437 g/mol. The van der Waals surface area contributed by atoms with Crippen molar-refractivity contribution < 1.29 is 4.74 Å². The Hall–Kier alpha value is -3.60. The molecule has 1 aromatic heterocycles. The number of nitrogens with zero attached hydrogens (tertiary/aromatic N) is 2. The van der Waals surface area contributed by atoms with E-state index in [1.165, 1.54) is 5.57 Å². The summed E-state index contributed by atoms with van der Waals surface area (Å²) < 4.78 is 5.36. The molecule has 0 bridgehead atoms. The molecule has 0 unspecified atom stereocenters. The Balaban J connectivity index is 0.00000187. The van der Waals surface area contributed by atoms with E-state index in [-0.39, 0.29) is 0 Å². The fourth-order valence-electron chi connectivity index (χ4n) is 3.12. The molecule has 0 spiro atoms. The minimum atomic E-state index is 0.678. The van der Waals surface area contributed by atoms with E-state index in [0.29, 0.717) is 5.46 Å². The van der Waals surface area contributed by atoms with Crippen molar-refractivity contribution in [1.82, 2.24) is 10.4 Å². The number of pyridine rings is 1. The number of hydrazone groups is 1. The van der Waals surface area contributed by atoms with Crippen LogP contribution in [-0.2, 0) is 0 Å². The van der Waals surface area contributed by atoms with Crippen molar-refractivity contribution in [3.05, 3.63) is 101 Å². The summed E-state index contributed by atoms with van der Waals surface area (Å²) >= 11 is 0. The van der Waals surface area contributed by atoms with Crippen molar-refractivity contribution >= 4 is 29.9 Å². The zero-order valence-corrected chi connectivity index (χ0v) is 20.4. The highest BCUT2D eigenvalue weighted by molar-refractivity contribution is 6.33. The van der Waals surface area contributed by atoms with Crippen molar-refractivity contribution in [1.29, 1.82) is 0 Å². The molecule has 0 aliphatic rings.